The molecular weight excluding hydrogens is 471 g/mol. The average molecular weight is 504 g/mol. The summed E-state index contributed by atoms with van der Waals surface area (Å²) in [6.45, 7) is 5.13. The molecule has 2 saturated heterocycles. The average Bonchev–Trinajstić information content (AvgIpc) is 3.41. The second kappa shape index (κ2) is 9.63. The number of hydrogen-bond donors (Lipinski definition) is 1. The van der Waals surface area contributed by atoms with E-state index in [-0.39, 0.29) is 17.9 Å². The van der Waals surface area contributed by atoms with Crippen molar-refractivity contribution in [3.63, 3.8) is 0 Å². The molecule has 1 aromatic heterocycles. The fourth-order valence-corrected chi connectivity index (χ4v) is 6.06. The Balaban J connectivity index is 1.34. The lowest BCUT2D eigenvalue weighted by Gasteiger charge is -2.39. The molecule has 3 heterocycles. The van der Waals surface area contributed by atoms with Crippen LogP contribution in [-0.4, -0.2) is 76.6 Å². The van der Waals surface area contributed by atoms with Gasteiger partial charge in [0.2, 0.25) is 5.91 Å². The summed E-state index contributed by atoms with van der Waals surface area (Å²) in [6, 6.07) is 5.04. The van der Waals surface area contributed by atoms with Gasteiger partial charge < -0.3 is 19.8 Å². The fourth-order valence-electron chi connectivity index (χ4n) is 6.06. The van der Waals surface area contributed by atoms with Gasteiger partial charge in [0, 0.05) is 37.8 Å². The molecule has 0 radical (unpaired) electrons. The quantitative estimate of drug-likeness (QED) is 0.688. The van der Waals surface area contributed by atoms with E-state index in [0.29, 0.717) is 43.9 Å². The van der Waals surface area contributed by atoms with Crippen molar-refractivity contribution in [3.8, 4) is 0 Å². The number of halogens is 3. The van der Waals surface area contributed by atoms with Crippen LogP contribution in [0.3, 0.4) is 0 Å². The van der Waals surface area contributed by atoms with Gasteiger partial charge in [-0.25, -0.2) is 9.97 Å². The molecule has 10 heteroatoms. The summed E-state index contributed by atoms with van der Waals surface area (Å²) in [4.78, 5) is 28.8. The largest absolute Gasteiger partial charge is 0.416 e. The summed E-state index contributed by atoms with van der Waals surface area (Å²) in [7, 11) is 1.98. The Labute approximate surface area is 208 Å². The third kappa shape index (κ3) is 4.56. The van der Waals surface area contributed by atoms with Crippen molar-refractivity contribution in [2.75, 3.05) is 44.7 Å². The van der Waals surface area contributed by atoms with Crippen molar-refractivity contribution < 1.29 is 23.1 Å². The number of alkyl halides is 3. The summed E-state index contributed by atoms with van der Waals surface area (Å²) >= 11 is 0. The van der Waals surface area contributed by atoms with Gasteiger partial charge in [-0.1, -0.05) is 19.1 Å². The van der Waals surface area contributed by atoms with E-state index in [1.807, 2.05) is 11.9 Å². The van der Waals surface area contributed by atoms with Gasteiger partial charge in [-0.15, -0.1) is 0 Å². The molecule has 1 amide bonds. The highest BCUT2D eigenvalue weighted by Crippen LogP contribution is 2.43. The fraction of sp³-hybridized carbons (Fsp3) is 0.577. The highest BCUT2D eigenvalue weighted by atomic mass is 19.4. The Morgan fingerprint density at radius 1 is 1.08 bits per heavy atom. The minimum atomic E-state index is -4.41. The van der Waals surface area contributed by atoms with E-state index in [1.54, 1.807) is 0 Å². The summed E-state index contributed by atoms with van der Waals surface area (Å²) in [5, 5.41) is 10.3. The molecule has 2 fully saturated rings. The van der Waals surface area contributed by atoms with Crippen LogP contribution in [0.15, 0.2) is 30.6 Å². The highest BCUT2D eigenvalue weighted by Gasteiger charge is 2.40. The number of amides is 1. The normalized spacial score (nSPS) is 25.8. The Morgan fingerprint density at radius 3 is 2.39 bits per heavy atom. The molecule has 194 valence electrons. The lowest BCUT2D eigenvalue weighted by atomic mass is 9.87. The number of fused-ring (bicyclic) bond motifs is 1. The number of carbonyl (C=O) groups excluding carboxylic acids is 1. The number of hydrogen-bond acceptors (Lipinski definition) is 6. The number of aromatic nitrogens is 2. The number of nitrogens with zero attached hydrogens (tertiary/aromatic N) is 5. The van der Waals surface area contributed by atoms with Crippen LogP contribution in [0.1, 0.15) is 66.5 Å². The minimum Gasteiger partial charge on any atom is -0.387 e. The molecule has 2 aromatic rings. The summed E-state index contributed by atoms with van der Waals surface area (Å²) in [5.74, 6) is 0.438. The second-order valence-corrected chi connectivity index (χ2v) is 10.2. The first-order valence-electron chi connectivity index (χ1n) is 12.6. The number of likely N-dealkylation sites (tertiary alicyclic amines) is 1. The molecule has 36 heavy (non-hydrogen) atoms. The van der Waals surface area contributed by atoms with E-state index in [1.165, 1.54) is 18.5 Å². The van der Waals surface area contributed by atoms with Crippen molar-refractivity contribution in [2.45, 2.75) is 56.3 Å². The van der Waals surface area contributed by atoms with Crippen LogP contribution in [0.25, 0.3) is 0 Å². The second-order valence-electron chi connectivity index (χ2n) is 10.2. The Bertz CT molecular complexity index is 1100. The zero-order chi connectivity index (χ0) is 25.6. The number of aliphatic hydroxyl groups excluding tert-OH is 1. The minimum absolute atomic E-state index is 0.0372. The zero-order valence-electron chi connectivity index (χ0n) is 20.6. The van der Waals surface area contributed by atoms with E-state index in [0.717, 1.165) is 42.9 Å². The first kappa shape index (κ1) is 25.0. The molecule has 1 aromatic carbocycles. The van der Waals surface area contributed by atoms with Crippen molar-refractivity contribution in [1.82, 2.24) is 19.8 Å². The van der Waals surface area contributed by atoms with E-state index in [9.17, 15) is 23.1 Å². The maximum atomic E-state index is 13.8. The van der Waals surface area contributed by atoms with Crippen LogP contribution < -0.4 is 4.90 Å². The third-order valence-electron chi connectivity index (χ3n) is 7.99. The zero-order valence-corrected chi connectivity index (χ0v) is 20.6. The van der Waals surface area contributed by atoms with Gasteiger partial charge in [-0.2, -0.15) is 13.2 Å². The molecule has 0 spiro atoms. The summed E-state index contributed by atoms with van der Waals surface area (Å²) < 4.78 is 39.4. The summed E-state index contributed by atoms with van der Waals surface area (Å²) in [5.41, 5.74) is 1.60. The van der Waals surface area contributed by atoms with Gasteiger partial charge in [0.15, 0.2) is 0 Å². The van der Waals surface area contributed by atoms with Crippen molar-refractivity contribution >= 4 is 11.7 Å². The van der Waals surface area contributed by atoms with E-state index in [2.05, 4.69) is 26.7 Å². The predicted molar refractivity (Wildman–Crippen MR) is 129 cm³/mol. The SMILES string of the molecule is C[C@@H]1C[C@@H](O)c2ncnc(N3CCN(C(=O)C(c4ccc(C(F)(F)F)cc4)C4CCCN4C)CC3)c21. The van der Waals surface area contributed by atoms with Crippen LogP contribution in [0.5, 0.6) is 0 Å². The van der Waals surface area contributed by atoms with Crippen molar-refractivity contribution in [2.24, 2.45) is 0 Å². The van der Waals surface area contributed by atoms with Crippen LogP contribution >= 0.6 is 0 Å². The number of anilines is 1. The maximum absolute atomic E-state index is 13.8. The number of rotatable bonds is 4. The smallest absolute Gasteiger partial charge is 0.387 e. The molecule has 0 saturated carbocycles. The highest BCUT2D eigenvalue weighted by molar-refractivity contribution is 5.85. The van der Waals surface area contributed by atoms with Gasteiger partial charge >= 0.3 is 6.18 Å². The summed E-state index contributed by atoms with van der Waals surface area (Å²) in [6.07, 6.45) is -1.07. The molecule has 0 bridgehead atoms. The van der Waals surface area contributed by atoms with E-state index < -0.39 is 23.8 Å². The monoisotopic (exact) mass is 503 g/mol. The first-order chi connectivity index (χ1) is 17.1. The van der Waals surface area contributed by atoms with Crippen LogP contribution in [0, 0.1) is 0 Å². The molecule has 7 nitrogen and oxygen atoms in total. The molecule has 5 rings (SSSR count). The number of piperazine rings is 1. The standard InChI is InChI=1S/C26H32F3N5O2/c1-16-14-20(35)23-21(16)24(31-15-30-23)33-10-12-34(13-11-33)25(36)22(19-4-3-9-32(19)2)17-5-7-18(8-6-17)26(27,28)29/h5-8,15-16,19-20,22,35H,3-4,9-14H2,1-2H3/t16-,19?,20-,22?/m1/s1. The molecule has 1 aliphatic carbocycles. The Kier molecular flexibility index (Phi) is 6.67. The van der Waals surface area contributed by atoms with Gasteiger partial charge in [-0.3, -0.25) is 4.79 Å². The maximum Gasteiger partial charge on any atom is 0.416 e. The Morgan fingerprint density at radius 2 is 1.78 bits per heavy atom. The van der Waals surface area contributed by atoms with Gasteiger partial charge in [0.25, 0.3) is 0 Å². The first-order valence-corrected chi connectivity index (χ1v) is 12.6. The van der Waals surface area contributed by atoms with Crippen molar-refractivity contribution in [3.05, 3.63) is 53.0 Å². The Hall–Kier alpha value is -2.72. The predicted octanol–water partition coefficient (Wildman–Crippen LogP) is 3.56. The van der Waals surface area contributed by atoms with Crippen LogP contribution in [-0.2, 0) is 11.0 Å². The third-order valence-corrected chi connectivity index (χ3v) is 7.99. The number of aliphatic hydroxyl groups is 1. The van der Waals surface area contributed by atoms with E-state index >= 15 is 0 Å². The van der Waals surface area contributed by atoms with Crippen LogP contribution in [0.4, 0.5) is 19.0 Å². The number of carbonyl (C=O) groups is 1. The van der Waals surface area contributed by atoms with Crippen LogP contribution in [0.2, 0.25) is 0 Å². The topological polar surface area (TPSA) is 72.8 Å². The molecule has 4 atom stereocenters. The molecule has 2 aliphatic heterocycles. The molecule has 3 aliphatic rings. The lowest BCUT2D eigenvalue weighted by Crippen LogP contribution is -2.52. The lowest BCUT2D eigenvalue weighted by molar-refractivity contribution is -0.137. The van der Waals surface area contributed by atoms with Gasteiger partial charge in [0.1, 0.15) is 12.1 Å². The molecule has 1 N–H and O–H groups in total. The van der Waals surface area contributed by atoms with E-state index in [4.69, 9.17) is 0 Å². The van der Waals surface area contributed by atoms with Gasteiger partial charge in [-0.05, 0) is 56.5 Å². The number of benzene rings is 1. The molecular formula is C26H32F3N5O2. The number of likely N-dealkylation sites (N-methyl/N-ethyl adjacent to an activating group) is 1. The molecule has 2 unspecified atom stereocenters. The van der Waals surface area contributed by atoms with Gasteiger partial charge in [0.05, 0.1) is 23.3 Å². The van der Waals surface area contributed by atoms with Crippen molar-refractivity contribution in [1.29, 1.82) is 0 Å².